The summed E-state index contributed by atoms with van der Waals surface area (Å²) in [5, 5.41) is 14.4. The van der Waals surface area contributed by atoms with E-state index < -0.39 is 45.9 Å². The van der Waals surface area contributed by atoms with Crippen LogP contribution in [0.4, 0.5) is 5.69 Å². The third kappa shape index (κ3) is 5.23. The highest BCUT2D eigenvalue weighted by molar-refractivity contribution is 7.98. The van der Waals surface area contributed by atoms with Gasteiger partial charge in [0.25, 0.3) is 0 Å². The summed E-state index contributed by atoms with van der Waals surface area (Å²) < 4.78 is 24.0. The number of esters is 3. The van der Waals surface area contributed by atoms with E-state index in [0.29, 0.717) is 50.2 Å². The number of nitrogens with one attached hydrogen (secondary N) is 1. The van der Waals surface area contributed by atoms with Gasteiger partial charge in [-0.1, -0.05) is 37.6 Å². The third-order valence-electron chi connectivity index (χ3n) is 15.1. The number of rotatable bonds is 8. The third-order valence-corrected chi connectivity index (χ3v) is 15.8. The maximum Gasteiger partial charge on any atom is 0.344 e. The second-order valence-corrected chi connectivity index (χ2v) is 18.4. The molecule has 1 aliphatic carbocycles. The molecule has 1 spiro atoms. The number of benzene rings is 2. The van der Waals surface area contributed by atoms with Crippen LogP contribution >= 0.6 is 11.8 Å². The van der Waals surface area contributed by atoms with Gasteiger partial charge in [-0.15, -0.1) is 11.8 Å². The van der Waals surface area contributed by atoms with Gasteiger partial charge in [-0.25, -0.2) is 4.79 Å². The molecular weight excluding hydrogens is 769 g/mol. The molecular formula is C46H56N4O8S. The summed E-state index contributed by atoms with van der Waals surface area (Å²) in [6, 6.07) is 9.37. The summed E-state index contributed by atoms with van der Waals surface area (Å²) >= 11 is 1.69. The number of aromatic amines is 1. The zero-order chi connectivity index (χ0) is 41.8. The SMILES string of the molecule is CCC1=C[C@H]2CN(C1)Cc1c([nH]c3ccc(SC)cc13)[C@@](C(=O)OC)(c1cc3c(cc1OC)N(C)[C@H]1[C@@](O)(C(=O)OC)[C@H](OC(C)=O)[C@]4(CC)C=CCN5CC[C@]31[C@@H]54)C2. The van der Waals surface area contributed by atoms with Crippen molar-refractivity contribution in [2.45, 2.75) is 92.5 Å². The van der Waals surface area contributed by atoms with Gasteiger partial charge in [0.05, 0.1) is 27.4 Å². The quantitative estimate of drug-likeness (QED) is 0.129. The van der Waals surface area contributed by atoms with Crippen LogP contribution in [0.3, 0.4) is 0 Å². The second kappa shape index (κ2) is 14.1. The van der Waals surface area contributed by atoms with E-state index in [-0.39, 0.29) is 17.9 Å². The van der Waals surface area contributed by atoms with Crippen molar-refractivity contribution in [3.8, 4) is 5.75 Å². The summed E-state index contributed by atoms with van der Waals surface area (Å²) in [5.41, 5.74) is 1.03. The van der Waals surface area contributed by atoms with E-state index in [2.05, 4.69) is 70.5 Å². The van der Waals surface area contributed by atoms with Crippen molar-refractivity contribution < 1.29 is 38.4 Å². The van der Waals surface area contributed by atoms with Gasteiger partial charge in [0.1, 0.15) is 11.2 Å². The number of hydrogen-bond acceptors (Lipinski definition) is 12. The van der Waals surface area contributed by atoms with E-state index in [1.165, 1.54) is 26.7 Å². The highest BCUT2D eigenvalue weighted by atomic mass is 32.2. The average molecular weight is 825 g/mol. The summed E-state index contributed by atoms with van der Waals surface area (Å²) in [6.45, 7) is 9.18. The van der Waals surface area contributed by atoms with Crippen LogP contribution in [0.2, 0.25) is 0 Å². The number of H-pyrrole nitrogens is 1. The van der Waals surface area contributed by atoms with Crippen molar-refractivity contribution in [3.05, 3.63) is 76.5 Å². The Balaban J connectivity index is 1.37. The molecule has 2 aromatic carbocycles. The molecule has 59 heavy (non-hydrogen) atoms. The Bertz CT molecular complexity index is 2320. The van der Waals surface area contributed by atoms with E-state index in [4.69, 9.17) is 18.9 Å². The van der Waals surface area contributed by atoms with E-state index in [0.717, 1.165) is 57.8 Å². The molecule has 2 fully saturated rings. The first kappa shape index (κ1) is 40.1. The van der Waals surface area contributed by atoms with Crippen molar-refractivity contribution in [3.63, 3.8) is 0 Å². The van der Waals surface area contributed by atoms with Gasteiger partial charge >= 0.3 is 17.9 Å². The number of fused-ring (bicyclic) bond motifs is 6. The predicted octanol–water partition coefficient (Wildman–Crippen LogP) is 5.48. The highest BCUT2D eigenvalue weighted by Gasteiger charge is 2.80. The molecule has 13 heteroatoms. The standard InChI is InChI=1S/C46H56N4O8S/c1-9-27-18-28-22-45(41(52)56-6,37-31(25-49(23-27)24-28)30-19-29(59-8)12-13-34(30)47-37)33-20-32-35(21-36(33)55-5)48(4)39-44(32)15-17-50-16-11-14-43(10-2,38(44)50)40(58-26(3)51)46(39,54)42(53)57-7/h11-14,18-21,28,38-40,47,54H,9-10,15-17,22-25H2,1-8H3/t28-,38+,39-,40-,43-,44-,45+,46+/m1/s1. The maximum atomic E-state index is 15.3. The lowest BCUT2D eigenvalue weighted by Crippen LogP contribution is -2.81. The van der Waals surface area contributed by atoms with Crippen LogP contribution in [-0.4, -0.2) is 122 Å². The molecule has 3 aromatic rings. The molecule has 6 aliphatic rings. The maximum absolute atomic E-state index is 15.3. The normalized spacial score (nSPS) is 34.2. The summed E-state index contributed by atoms with van der Waals surface area (Å²) in [7, 11) is 6.24. The van der Waals surface area contributed by atoms with Gasteiger partial charge in [0, 0.05) is 95.8 Å². The number of methoxy groups -OCH3 is 3. The number of carbonyl (C=O) groups is 3. The lowest BCUT2D eigenvalue weighted by Gasteiger charge is -2.63. The fraction of sp³-hybridized carbons (Fsp3) is 0.543. The van der Waals surface area contributed by atoms with E-state index in [1.54, 1.807) is 18.9 Å². The molecule has 2 bridgehead atoms. The van der Waals surface area contributed by atoms with Crippen molar-refractivity contribution in [1.82, 2.24) is 14.8 Å². The van der Waals surface area contributed by atoms with Gasteiger partial charge in [0.15, 0.2) is 6.10 Å². The minimum Gasteiger partial charge on any atom is -0.496 e. The van der Waals surface area contributed by atoms with Gasteiger partial charge in [-0.3, -0.25) is 19.4 Å². The van der Waals surface area contributed by atoms with Crippen LogP contribution in [-0.2, 0) is 46.0 Å². The van der Waals surface area contributed by atoms with Crippen LogP contribution in [0.1, 0.15) is 68.8 Å². The zero-order valence-corrected chi connectivity index (χ0v) is 36.2. The predicted molar refractivity (Wildman–Crippen MR) is 226 cm³/mol. The summed E-state index contributed by atoms with van der Waals surface area (Å²) in [4.78, 5) is 54.5. The molecule has 9 atom stereocenters. The first-order valence-electron chi connectivity index (χ1n) is 20.9. The fourth-order valence-corrected chi connectivity index (χ4v) is 13.4. The number of hydrogen-bond donors (Lipinski definition) is 2. The minimum atomic E-state index is -2.28. The molecule has 1 saturated heterocycles. The first-order valence-corrected chi connectivity index (χ1v) is 22.1. The monoisotopic (exact) mass is 824 g/mol. The van der Waals surface area contributed by atoms with Gasteiger partial charge < -0.3 is 33.9 Å². The molecule has 12 nitrogen and oxygen atoms in total. The van der Waals surface area contributed by atoms with E-state index in [1.807, 2.05) is 24.9 Å². The lowest BCUT2D eigenvalue weighted by molar-refractivity contribution is -0.228. The Morgan fingerprint density at radius 2 is 1.80 bits per heavy atom. The zero-order valence-electron chi connectivity index (χ0n) is 35.3. The van der Waals surface area contributed by atoms with Gasteiger partial charge in [-0.05, 0) is 79.8 Å². The molecule has 9 rings (SSSR count). The molecule has 1 saturated carbocycles. The number of aliphatic hydroxyl groups is 1. The molecule has 6 heterocycles. The Kier molecular flexibility index (Phi) is 9.62. The van der Waals surface area contributed by atoms with Gasteiger partial charge in [-0.2, -0.15) is 0 Å². The van der Waals surface area contributed by atoms with Crippen LogP contribution in [0.5, 0.6) is 5.75 Å². The molecule has 314 valence electrons. The lowest BCUT2D eigenvalue weighted by atomic mass is 9.47. The molecule has 5 aliphatic heterocycles. The van der Waals surface area contributed by atoms with Gasteiger partial charge in [0.2, 0.25) is 5.60 Å². The first-order chi connectivity index (χ1) is 28.3. The molecule has 0 radical (unpaired) electrons. The highest BCUT2D eigenvalue weighted by Crippen LogP contribution is 2.68. The fourth-order valence-electron chi connectivity index (χ4n) is 13.0. The summed E-state index contributed by atoms with van der Waals surface area (Å²) in [5.74, 6) is -1.32. The Labute approximate surface area is 350 Å². The van der Waals surface area contributed by atoms with Crippen LogP contribution in [0.25, 0.3) is 10.9 Å². The van der Waals surface area contributed by atoms with Crippen LogP contribution in [0.15, 0.2) is 59.0 Å². The van der Waals surface area contributed by atoms with E-state index in [9.17, 15) is 14.7 Å². The molecule has 1 aromatic heterocycles. The number of aromatic nitrogens is 1. The number of thioether (sulfide) groups is 1. The molecule has 2 N–H and O–H groups in total. The van der Waals surface area contributed by atoms with Crippen molar-refractivity contribution in [2.75, 3.05) is 65.7 Å². The van der Waals surface area contributed by atoms with E-state index >= 15 is 4.79 Å². The summed E-state index contributed by atoms with van der Waals surface area (Å²) in [6.07, 6.45) is 9.74. The minimum absolute atomic E-state index is 0.0208. The Morgan fingerprint density at radius 3 is 2.47 bits per heavy atom. The second-order valence-electron chi connectivity index (χ2n) is 17.5. The van der Waals surface area contributed by atoms with Crippen LogP contribution in [0, 0.1) is 11.3 Å². The number of carbonyl (C=O) groups excluding carboxylic acids is 3. The number of anilines is 1. The topological polar surface area (TPSA) is 134 Å². The number of ether oxygens (including phenoxy) is 4. The molecule has 0 amide bonds. The Morgan fingerprint density at radius 1 is 1.02 bits per heavy atom. The van der Waals surface area contributed by atoms with Crippen molar-refractivity contribution in [2.24, 2.45) is 11.3 Å². The van der Waals surface area contributed by atoms with Crippen molar-refractivity contribution in [1.29, 1.82) is 0 Å². The number of nitrogens with zero attached hydrogens (tertiary/aromatic N) is 3. The Hall–Kier alpha value is -4.30. The smallest absolute Gasteiger partial charge is 0.344 e. The molecule has 1 unspecified atom stereocenters. The largest absolute Gasteiger partial charge is 0.496 e. The van der Waals surface area contributed by atoms with Crippen LogP contribution < -0.4 is 9.64 Å². The average Bonchev–Trinajstić information content (AvgIpc) is 3.89. The van der Waals surface area contributed by atoms with Crippen molar-refractivity contribution >= 4 is 46.3 Å². The number of likely N-dealkylation sites (N-methyl/N-ethyl adjacent to an activating group) is 1.